The van der Waals surface area contributed by atoms with E-state index in [2.05, 4.69) is 10.3 Å². The van der Waals surface area contributed by atoms with E-state index in [9.17, 15) is 4.79 Å². The molecule has 1 aromatic heterocycles. The molecule has 0 aliphatic carbocycles. The molecule has 3 nitrogen and oxygen atoms in total. The van der Waals surface area contributed by atoms with Crippen molar-refractivity contribution in [3.05, 3.63) is 30.1 Å². The smallest absolute Gasteiger partial charge is 0.250 e. The molecule has 2 heterocycles. The van der Waals surface area contributed by atoms with E-state index in [1.165, 1.54) is 0 Å². The molecule has 2 rings (SSSR count). The van der Waals surface area contributed by atoms with Gasteiger partial charge in [-0.25, -0.2) is 0 Å². The van der Waals surface area contributed by atoms with Gasteiger partial charge in [-0.15, -0.1) is 0 Å². The molecule has 1 aliphatic heterocycles. The van der Waals surface area contributed by atoms with Gasteiger partial charge in [0, 0.05) is 12.7 Å². The zero-order valence-electron chi connectivity index (χ0n) is 6.60. The van der Waals surface area contributed by atoms with Crippen LogP contribution >= 0.6 is 0 Å². The van der Waals surface area contributed by atoms with E-state index >= 15 is 0 Å². The number of hydrogen-bond acceptors (Lipinski definition) is 2. The van der Waals surface area contributed by atoms with Crippen molar-refractivity contribution >= 4 is 5.91 Å². The van der Waals surface area contributed by atoms with Crippen molar-refractivity contribution in [2.75, 3.05) is 6.54 Å². The fourth-order valence-corrected chi connectivity index (χ4v) is 1.39. The van der Waals surface area contributed by atoms with Crippen molar-refractivity contribution in [2.24, 2.45) is 0 Å². The Balaban J connectivity index is 2.25. The first-order valence-corrected chi connectivity index (χ1v) is 4.00. The molecule has 1 radical (unpaired) electrons. The monoisotopic (exact) mass is 161 g/mol. The minimum absolute atomic E-state index is 0.0197. The Morgan fingerprint density at radius 2 is 2.33 bits per heavy atom. The van der Waals surface area contributed by atoms with E-state index in [-0.39, 0.29) is 11.8 Å². The van der Waals surface area contributed by atoms with Crippen molar-refractivity contribution in [3.8, 4) is 0 Å². The predicted octanol–water partition coefficient (Wildman–Crippen LogP) is 0.700. The van der Waals surface area contributed by atoms with E-state index in [1.807, 2.05) is 18.2 Å². The van der Waals surface area contributed by atoms with E-state index in [1.54, 1.807) is 6.20 Å². The molecule has 61 valence electrons. The van der Waals surface area contributed by atoms with Gasteiger partial charge in [-0.1, -0.05) is 6.07 Å². The average Bonchev–Trinajstić information content (AvgIpc) is 2.53. The topological polar surface area (TPSA) is 44.1 Å². The number of nitrogens with zero attached hydrogens (tertiary/aromatic N) is 2. The van der Waals surface area contributed by atoms with Crippen LogP contribution < -0.4 is 5.32 Å². The maximum absolute atomic E-state index is 11.2. The Bertz CT molecular complexity index is 284. The molecule has 0 aromatic carbocycles. The first-order valence-electron chi connectivity index (χ1n) is 4.00. The lowest BCUT2D eigenvalue weighted by molar-refractivity contribution is -0.120. The van der Waals surface area contributed by atoms with E-state index in [4.69, 9.17) is 0 Å². The minimum atomic E-state index is -0.0776. The molecule has 1 fully saturated rings. The summed E-state index contributed by atoms with van der Waals surface area (Å²) in [5.41, 5.74) is 0.851. The fraction of sp³-hybridized carbons (Fsp3) is 0.333. The minimum Gasteiger partial charge on any atom is -0.272 e. The lowest BCUT2D eigenvalue weighted by atomic mass is 10.0. The number of amides is 1. The zero-order chi connectivity index (χ0) is 8.39. The first kappa shape index (κ1) is 7.28. The number of carbonyl (C=O) groups excluding carboxylic acids is 1. The molecule has 1 unspecified atom stereocenters. The summed E-state index contributed by atoms with van der Waals surface area (Å²) in [6.07, 6.45) is 2.52. The van der Waals surface area contributed by atoms with Gasteiger partial charge in [0.2, 0.25) is 5.91 Å². The van der Waals surface area contributed by atoms with Crippen LogP contribution in [0.4, 0.5) is 0 Å². The molecule has 0 bridgehead atoms. The van der Waals surface area contributed by atoms with Gasteiger partial charge in [-0.05, 0) is 18.6 Å². The van der Waals surface area contributed by atoms with Crippen molar-refractivity contribution in [2.45, 2.75) is 12.3 Å². The van der Waals surface area contributed by atoms with Crippen LogP contribution in [0.25, 0.3) is 0 Å². The Kier molecular flexibility index (Phi) is 1.78. The lowest BCUT2D eigenvalue weighted by Gasteiger charge is -2.03. The van der Waals surface area contributed by atoms with Gasteiger partial charge in [0.25, 0.3) is 0 Å². The van der Waals surface area contributed by atoms with Crippen LogP contribution in [0.3, 0.4) is 0 Å². The molecule has 1 aromatic rings. The summed E-state index contributed by atoms with van der Waals surface area (Å²) in [4.78, 5) is 15.3. The summed E-state index contributed by atoms with van der Waals surface area (Å²) >= 11 is 0. The largest absolute Gasteiger partial charge is 0.272 e. The number of aromatic nitrogens is 1. The van der Waals surface area contributed by atoms with E-state index in [0.29, 0.717) is 6.54 Å². The molecule has 0 saturated carbocycles. The van der Waals surface area contributed by atoms with Crippen LogP contribution in [0, 0.1) is 0 Å². The van der Waals surface area contributed by atoms with Crippen LogP contribution in [0.2, 0.25) is 0 Å². The maximum atomic E-state index is 11.2. The van der Waals surface area contributed by atoms with Crippen molar-refractivity contribution in [3.63, 3.8) is 0 Å². The summed E-state index contributed by atoms with van der Waals surface area (Å²) < 4.78 is 0. The Morgan fingerprint density at radius 3 is 2.92 bits per heavy atom. The second-order valence-electron chi connectivity index (χ2n) is 2.82. The second kappa shape index (κ2) is 2.93. The molecule has 1 aliphatic rings. The zero-order valence-corrected chi connectivity index (χ0v) is 6.60. The van der Waals surface area contributed by atoms with E-state index < -0.39 is 0 Å². The maximum Gasteiger partial charge on any atom is 0.250 e. The Morgan fingerprint density at radius 1 is 1.42 bits per heavy atom. The molecule has 3 heteroatoms. The van der Waals surface area contributed by atoms with Gasteiger partial charge in [0.05, 0.1) is 11.6 Å². The van der Waals surface area contributed by atoms with Gasteiger partial charge in [0.1, 0.15) is 0 Å². The van der Waals surface area contributed by atoms with Crippen LogP contribution in [-0.2, 0) is 4.79 Å². The van der Waals surface area contributed by atoms with Crippen LogP contribution in [0.5, 0.6) is 0 Å². The third kappa shape index (κ3) is 1.18. The fourth-order valence-electron chi connectivity index (χ4n) is 1.39. The molecule has 1 saturated heterocycles. The summed E-state index contributed by atoms with van der Waals surface area (Å²) in [5, 5.41) is 3.82. The molecule has 0 spiro atoms. The molecule has 12 heavy (non-hydrogen) atoms. The van der Waals surface area contributed by atoms with Crippen molar-refractivity contribution < 1.29 is 4.79 Å². The Labute approximate surface area is 70.8 Å². The third-order valence-electron chi connectivity index (χ3n) is 2.03. The first-order chi connectivity index (χ1) is 5.88. The highest BCUT2D eigenvalue weighted by molar-refractivity contribution is 5.84. The molecule has 1 amide bonds. The van der Waals surface area contributed by atoms with Gasteiger partial charge in [0.15, 0.2) is 0 Å². The molecular weight excluding hydrogens is 152 g/mol. The number of hydrogen-bond donors (Lipinski definition) is 0. The highest BCUT2D eigenvalue weighted by atomic mass is 16.2. The third-order valence-corrected chi connectivity index (χ3v) is 2.03. The van der Waals surface area contributed by atoms with Crippen LogP contribution in [0.1, 0.15) is 18.0 Å². The normalized spacial score (nSPS) is 22.3. The number of rotatable bonds is 1. The van der Waals surface area contributed by atoms with Gasteiger partial charge >= 0.3 is 0 Å². The number of carbonyl (C=O) groups is 1. The van der Waals surface area contributed by atoms with Crippen molar-refractivity contribution in [1.29, 1.82) is 0 Å². The highest BCUT2D eigenvalue weighted by Gasteiger charge is 2.27. The molecule has 0 N–H and O–H groups in total. The Hall–Kier alpha value is -1.38. The predicted molar refractivity (Wildman–Crippen MR) is 43.6 cm³/mol. The standard InChI is InChI=1S/C9H9N2O/c12-9-7(4-6-11-9)8-3-1-2-5-10-8/h1-3,5,7H,4,6H2. The van der Waals surface area contributed by atoms with E-state index in [0.717, 1.165) is 12.1 Å². The van der Waals surface area contributed by atoms with Gasteiger partial charge < -0.3 is 0 Å². The quantitative estimate of drug-likeness (QED) is 0.608. The summed E-state index contributed by atoms with van der Waals surface area (Å²) in [6, 6.07) is 5.62. The number of pyridine rings is 1. The lowest BCUT2D eigenvalue weighted by Crippen LogP contribution is -2.12. The second-order valence-corrected chi connectivity index (χ2v) is 2.82. The summed E-state index contributed by atoms with van der Waals surface area (Å²) in [5.74, 6) is -0.0973. The molecular formula is C9H9N2O. The molecule has 1 atom stereocenters. The highest BCUT2D eigenvalue weighted by Crippen LogP contribution is 2.21. The summed E-state index contributed by atoms with van der Waals surface area (Å²) in [7, 11) is 0. The van der Waals surface area contributed by atoms with Crippen molar-refractivity contribution in [1.82, 2.24) is 10.3 Å². The van der Waals surface area contributed by atoms with Gasteiger partial charge in [-0.2, -0.15) is 0 Å². The van der Waals surface area contributed by atoms with Gasteiger partial charge in [-0.3, -0.25) is 15.1 Å². The van der Waals surface area contributed by atoms with Crippen LogP contribution in [0.15, 0.2) is 24.4 Å². The summed E-state index contributed by atoms with van der Waals surface area (Å²) in [6.45, 7) is 0.653. The average molecular weight is 161 g/mol. The SMILES string of the molecule is O=C1[N]CCC1c1ccccn1. The van der Waals surface area contributed by atoms with Crippen LogP contribution in [-0.4, -0.2) is 17.4 Å².